The molecule has 1 aromatic rings. The van der Waals surface area contributed by atoms with Crippen molar-refractivity contribution in [2.24, 2.45) is 5.92 Å². The highest BCUT2D eigenvalue weighted by Gasteiger charge is 2.44. The van der Waals surface area contributed by atoms with Crippen LogP contribution in [0.2, 0.25) is 0 Å². The second kappa shape index (κ2) is 9.99. The van der Waals surface area contributed by atoms with Gasteiger partial charge in [-0.15, -0.1) is 0 Å². The Bertz CT molecular complexity index is 953. The summed E-state index contributed by atoms with van der Waals surface area (Å²) in [5.74, 6) is -2.79. The number of rotatable bonds is 8. The van der Waals surface area contributed by atoms with Crippen molar-refractivity contribution in [2.45, 2.75) is 26.8 Å². The lowest BCUT2D eigenvalue weighted by atomic mass is 10.0. The predicted octanol–water partition coefficient (Wildman–Crippen LogP) is 1.83. The number of hydrogen-bond acceptors (Lipinski definition) is 8. The zero-order valence-corrected chi connectivity index (χ0v) is 18.8. The third-order valence-electron chi connectivity index (χ3n) is 4.97. The highest BCUT2D eigenvalue weighted by atomic mass is 32.2. The zero-order valence-electron chi connectivity index (χ0n) is 18.0. The van der Waals surface area contributed by atoms with Crippen molar-refractivity contribution in [2.75, 3.05) is 25.5 Å². The van der Waals surface area contributed by atoms with E-state index in [2.05, 4.69) is 0 Å². The molecule has 3 rings (SSSR count). The number of imide groups is 1. The van der Waals surface area contributed by atoms with Crippen molar-refractivity contribution in [3.05, 3.63) is 46.5 Å². The van der Waals surface area contributed by atoms with E-state index in [4.69, 9.17) is 9.47 Å². The van der Waals surface area contributed by atoms with Gasteiger partial charge in [0.25, 0.3) is 11.8 Å². The number of nitrogens with zero attached hydrogens (tertiary/aromatic N) is 2. The number of carbonyl (C=O) groups is 5. The van der Waals surface area contributed by atoms with E-state index in [1.54, 1.807) is 45.0 Å². The molecule has 0 bridgehead atoms. The SMILES string of the molecule is CCOC(=O)C=C1SCC(=O)N1CCOC(=O)[C@H](C(C)C)N1C(=O)c2ccccc2C1=O. The third-order valence-corrected chi connectivity index (χ3v) is 6.00. The molecule has 170 valence electrons. The average molecular weight is 461 g/mol. The van der Waals surface area contributed by atoms with E-state index in [0.717, 1.165) is 4.90 Å². The Morgan fingerprint density at radius 2 is 1.72 bits per heavy atom. The molecule has 1 saturated heterocycles. The molecule has 2 aliphatic heterocycles. The minimum atomic E-state index is -1.10. The fourth-order valence-corrected chi connectivity index (χ4v) is 4.47. The minimum absolute atomic E-state index is 0.0374. The van der Waals surface area contributed by atoms with Gasteiger partial charge in [-0.05, 0) is 25.0 Å². The van der Waals surface area contributed by atoms with Gasteiger partial charge >= 0.3 is 11.9 Å². The summed E-state index contributed by atoms with van der Waals surface area (Å²) < 4.78 is 10.2. The summed E-state index contributed by atoms with van der Waals surface area (Å²) in [5, 5.41) is 0.422. The van der Waals surface area contributed by atoms with Crippen LogP contribution < -0.4 is 0 Å². The summed E-state index contributed by atoms with van der Waals surface area (Å²) in [5.41, 5.74) is 0.508. The molecular weight excluding hydrogens is 436 g/mol. The summed E-state index contributed by atoms with van der Waals surface area (Å²) in [6.07, 6.45) is 1.23. The largest absolute Gasteiger partial charge is 0.463 e. The number of ether oxygens (including phenoxy) is 2. The van der Waals surface area contributed by atoms with Crippen LogP contribution in [0.1, 0.15) is 41.5 Å². The quantitative estimate of drug-likeness (QED) is 0.328. The summed E-state index contributed by atoms with van der Waals surface area (Å²) in [6, 6.07) is 5.31. The van der Waals surface area contributed by atoms with E-state index in [9.17, 15) is 24.0 Å². The molecule has 0 aliphatic carbocycles. The standard InChI is InChI=1S/C22H24N2O7S/c1-4-30-18(26)11-17-23(16(25)12-32-17)9-10-31-22(29)19(13(2)3)24-20(27)14-7-5-6-8-15(14)21(24)28/h5-8,11,13,19H,4,9-10,12H2,1-3H3/t19-/m0/s1. The van der Waals surface area contributed by atoms with Gasteiger partial charge in [-0.2, -0.15) is 0 Å². The Morgan fingerprint density at radius 1 is 1.09 bits per heavy atom. The van der Waals surface area contributed by atoms with Crippen molar-refractivity contribution in [3.8, 4) is 0 Å². The number of esters is 2. The fraction of sp³-hybridized carbons (Fsp3) is 0.409. The molecule has 0 aromatic heterocycles. The number of carbonyl (C=O) groups excluding carboxylic acids is 5. The maximum absolute atomic E-state index is 12.8. The lowest BCUT2D eigenvalue weighted by Gasteiger charge is -2.28. The van der Waals surface area contributed by atoms with Crippen molar-refractivity contribution < 1.29 is 33.4 Å². The van der Waals surface area contributed by atoms with E-state index in [1.807, 2.05) is 0 Å². The van der Waals surface area contributed by atoms with Gasteiger partial charge < -0.3 is 14.4 Å². The van der Waals surface area contributed by atoms with Crippen LogP contribution in [-0.4, -0.2) is 71.0 Å². The van der Waals surface area contributed by atoms with E-state index in [-0.39, 0.29) is 48.5 Å². The van der Waals surface area contributed by atoms with Gasteiger partial charge in [-0.3, -0.25) is 19.3 Å². The molecule has 32 heavy (non-hydrogen) atoms. The van der Waals surface area contributed by atoms with Crippen LogP contribution >= 0.6 is 11.8 Å². The normalized spacial score (nSPS) is 17.9. The minimum Gasteiger partial charge on any atom is -0.463 e. The lowest BCUT2D eigenvalue weighted by Crippen LogP contribution is -2.49. The maximum Gasteiger partial charge on any atom is 0.333 e. The van der Waals surface area contributed by atoms with Crippen LogP contribution in [0.5, 0.6) is 0 Å². The Hall–Kier alpha value is -3.14. The first-order chi connectivity index (χ1) is 15.3. The average Bonchev–Trinajstić information content (AvgIpc) is 3.21. The van der Waals surface area contributed by atoms with Gasteiger partial charge in [0, 0.05) is 0 Å². The molecular formula is C22H24N2O7S. The second-order valence-corrected chi connectivity index (χ2v) is 8.45. The van der Waals surface area contributed by atoms with E-state index < -0.39 is 29.8 Å². The monoisotopic (exact) mass is 460 g/mol. The molecule has 1 atom stereocenters. The highest BCUT2D eigenvalue weighted by molar-refractivity contribution is 8.04. The Balaban J connectivity index is 1.66. The third kappa shape index (κ3) is 4.69. The first kappa shape index (κ1) is 23.5. The van der Waals surface area contributed by atoms with Crippen molar-refractivity contribution >= 4 is 41.4 Å². The van der Waals surface area contributed by atoms with Gasteiger partial charge in [0.05, 0.1) is 41.1 Å². The summed E-state index contributed by atoms with van der Waals surface area (Å²) in [6.45, 7) is 5.22. The van der Waals surface area contributed by atoms with Crippen LogP contribution in [-0.2, 0) is 23.9 Å². The summed E-state index contributed by atoms with van der Waals surface area (Å²) in [7, 11) is 0. The number of thioether (sulfide) groups is 1. The molecule has 0 radical (unpaired) electrons. The van der Waals surface area contributed by atoms with Gasteiger partial charge in [0.15, 0.2) is 0 Å². The number of benzene rings is 1. The molecule has 10 heteroatoms. The molecule has 0 unspecified atom stereocenters. The Morgan fingerprint density at radius 3 is 2.28 bits per heavy atom. The predicted molar refractivity (Wildman–Crippen MR) is 115 cm³/mol. The zero-order chi connectivity index (χ0) is 23.4. The number of hydrogen-bond donors (Lipinski definition) is 0. The van der Waals surface area contributed by atoms with E-state index >= 15 is 0 Å². The first-order valence-electron chi connectivity index (χ1n) is 10.2. The van der Waals surface area contributed by atoms with Gasteiger partial charge in [0.1, 0.15) is 12.6 Å². The molecule has 3 amide bonds. The summed E-state index contributed by atoms with van der Waals surface area (Å²) in [4.78, 5) is 64.5. The lowest BCUT2D eigenvalue weighted by molar-refractivity contribution is -0.151. The van der Waals surface area contributed by atoms with Crippen LogP contribution in [0.25, 0.3) is 0 Å². The smallest absolute Gasteiger partial charge is 0.333 e. The molecule has 9 nitrogen and oxygen atoms in total. The second-order valence-electron chi connectivity index (χ2n) is 7.45. The number of fused-ring (bicyclic) bond motifs is 1. The Kier molecular flexibility index (Phi) is 7.34. The molecule has 2 aliphatic rings. The van der Waals surface area contributed by atoms with Gasteiger partial charge in [0.2, 0.25) is 5.91 Å². The van der Waals surface area contributed by atoms with Crippen molar-refractivity contribution in [1.29, 1.82) is 0 Å². The fourth-order valence-electron chi connectivity index (χ4n) is 3.51. The summed E-state index contributed by atoms with van der Waals surface area (Å²) >= 11 is 1.20. The van der Waals surface area contributed by atoms with Crippen LogP contribution in [0, 0.1) is 5.92 Å². The van der Waals surface area contributed by atoms with Gasteiger partial charge in [-0.1, -0.05) is 37.7 Å². The highest BCUT2D eigenvalue weighted by Crippen LogP contribution is 2.29. The number of amides is 3. The molecule has 1 aromatic carbocycles. The maximum atomic E-state index is 12.8. The molecule has 0 spiro atoms. The van der Waals surface area contributed by atoms with Crippen molar-refractivity contribution in [3.63, 3.8) is 0 Å². The molecule has 0 N–H and O–H groups in total. The Labute approximate surface area is 189 Å². The van der Waals surface area contributed by atoms with Crippen LogP contribution in [0.3, 0.4) is 0 Å². The topological polar surface area (TPSA) is 110 Å². The van der Waals surface area contributed by atoms with E-state index in [1.165, 1.54) is 22.7 Å². The van der Waals surface area contributed by atoms with Crippen LogP contribution in [0.15, 0.2) is 35.4 Å². The van der Waals surface area contributed by atoms with Crippen LogP contribution in [0.4, 0.5) is 0 Å². The van der Waals surface area contributed by atoms with Crippen molar-refractivity contribution in [1.82, 2.24) is 9.80 Å². The van der Waals surface area contributed by atoms with Gasteiger partial charge in [-0.25, -0.2) is 9.59 Å². The van der Waals surface area contributed by atoms with E-state index in [0.29, 0.717) is 5.03 Å². The molecule has 2 heterocycles. The molecule has 1 fully saturated rings. The molecule has 0 saturated carbocycles. The first-order valence-corrected chi connectivity index (χ1v) is 11.2.